The average Bonchev–Trinajstić information content (AvgIpc) is 2.29. The molecule has 1 aromatic carbocycles. The molecular formula is C13H16O2. The van der Waals surface area contributed by atoms with Gasteiger partial charge in [-0.1, -0.05) is 42.5 Å². The van der Waals surface area contributed by atoms with Crippen LogP contribution in [0.4, 0.5) is 0 Å². The largest absolute Gasteiger partial charge is 0.377 e. The number of methoxy groups -OCH3 is 1. The number of allylic oxidation sites excluding steroid dienone is 1. The number of carbonyl (C=O) groups is 1. The summed E-state index contributed by atoms with van der Waals surface area (Å²) in [5, 5.41) is 0. The minimum Gasteiger partial charge on any atom is -0.377 e. The maximum atomic E-state index is 11.8. The predicted octanol–water partition coefficient (Wildman–Crippen LogP) is 2.85. The molecule has 0 aliphatic carbocycles. The fourth-order valence-electron chi connectivity index (χ4n) is 1.37. The van der Waals surface area contributed by atoms with Gasteiger partial charge in [-0.25, -0.2) is 0 Å². The molecule has 15 heavy (non-hydrogen) atoms. The lowest BCUT2D eigenvalue weighted by Gasteiger charge is -2.09. The van der Waals surface area contributed by atoms with Gasteiger partial charge in [0.2, 0.25) is 0 Å². The molecule has 0 amide bonds. The van der Waals surface area contributed by atoms with E-state index < -0.39 is 0 Å². The molecule has 1 aromatic rings. The molecule has 0 aliphatic heterocycles. The first-order valence-electron chi connectivity index (χ1n) is 5.01. The summed E-state index contributed by atoms with van der Waals surface area (Å²) >= 11 is 0. The van der Waals surface area contributed by atoms with Crippen LogP contribution in [0.2, 0.25) is 0 Å². The molecule has 1 unspecified atom stereocenters. The van der Waals surface area contributed by atoms with Crippen molar-refractivity contribution < 1.29 is 9.53 Å². The molecule has 0 heterocycles. The Morgan fingerprint density at radius 2 is 2.07 bits per heavy atom. The Kier molecular flexibility index (Phi) is 4.78. The monoisotopic (exact) mass is 204 g/mol. The number of Topliss-reactive ketones (excluding diaryl/α,β-unsaturated/α-hetero) is 1. The van der Waals surface area contributed by atoms with Crippen molar-refractivity contribution in [2.24, 2.45) is 0 Å². The number of hydrogen-bond donors (Lipinski definition) is 0. The van der Waals surface area contributed by atoms with Crippen LogP contribution < -0.4 is 0 Å². The van der Waals surface area contributed by atoms with E-state index in [2.05, 4.69) is 0 Å². The van der Waals surface area contributed by atoms with Crippen molar-refractivity contribution in [1.82, 2.24) is 0 Å². The number of carbonyl (C=O) groups excluding carboxylic acids is 1. The molecule has 0 saturated carbocycles. The van der Waals surface area contributed by atoms with Crippen molar-refractivity contribution >= 4 is 5.78 Å². The summed E-state index contributed by atoms with van der Waals surface area (Å²) in [7, 11) is 1.61. The maximum Gasteiger partial charge on any atom is 0.165 e. The number of rotatable bonds is 5. The van der Waals surface area contributed by atoms with E-state index in [0.717, 1.165) is 5.56 Å². The van der Waals surface area contributed by atoms with E-state index in [0.29, 0.717) is 6.42 Å². The highest BCUT2D eigenvalue weighted by molar-refractivity contribution is 5.96. The van der Waals surface area contributed by atoms with Gasteiger partial charge in [0.05, 0.1) is 6.10 Å². The topological polar surface area (TPSA) is 26.3 Å². The lowest BCUT2D eigenvalue weighted by Crippen LogP contribution is -2.13. The van der Waals surface area contributed by atoms with Gasteiger partial charge in [0, 0.05) is 19.1 Å². The van der Waals surface area contributed by atoms with Gasteiger partial charge >= 0.3 is 0 Å². The van der Waals surface area contributed by atoms with Crippen molar-refractivity contribution in [3.8, 4) is 0 Å². The third-order valence-corrected chi connectivity index (χ3v) is 2.19. The molecule has 0 saturated heterocycles. The summed E-state index contributed by atoms with van der Waals surface area (Å²) < 4.78 is 5.18. The summed E-state index contributed by atoms with van der Waals surface area (Å²) in [6, 6.07) is 9.28. The Hall–Kier alpha value is -1.41. The number of benzene rings is 1. The van der Waals surface area contributed by atoms with Crippen LogP contribution in [0.25, 0.3) is 0 Å². The molecule has 0 N–H and O–H groups in total. The first-order valence-corrected chi connectivity index (χ1v) is 5.01. The molecule has 1 rings (SSSR count). The van der Waals surface area contributed by atoms with Gasteiger partial charge in [-0.05, 0) is 6.92 Å². The van der Waals surface area contributed by atoms with E-state index in [1.54, 1.807) is 7.11 Å². The molecule has 80 valence electrons. The number of hydrogen-bond acceptors (Lipinski definition) is 2. The number of ketones is 1. The van der Waals surface area contributed by atoms with Gasteiger partial charge in [0.25, 0.3) is 0 Å². The first kappa shape index (κ1) is 11.7. The smallest absolute Gasteiger partial charge is 0.165 e. The second-order valence-electron chi connectivity index (χ2n) is 3.29. The van der Waals surface area contributed by atoms with Gasteiger partial charge in [0.15, 0.2) is 5.78 Å². The van der Waals surface area contributed by atoms with Crippen LogP contribution >= 0.6 is 0 Å². The second-order valence-corrected chi connectivity index (χ2v) is 3.29. The minimum absolute atomic E-state index is 0.112. The molecule has 0 bridgehead atoms. The average molecular weight is 204 g/mol. The zero-order chi connectivity index (χ0) is 11.1. The fraction of sp³-hybridized carbons (Fsp3) is 0.308. The molecule has 0 radical (unpaired) electrons. The summed E-state index contributed by atoms with van der Waals surface area (Å²) in [5.41, 5.74) is 0.740. The second kappa shape index (κ2) is 6.14. The van der Waals surface area contributed by atoms with Gasteiger partial charge in [-0.2, -0.15) is 0 Å². The summed E-state index contributed by atoms with van der Waals surface area (Å²) in [5.74, 6) is 0.112. The third-order valence-electron chi connectivity index (χ3n) is 2.19. The maximum absolute atomic E-state index is 11.8. The molecule has 2 heteroatoms. The normalized spacial score (nSPS) is 12.9. The van der Waals surface area contributed by atoms with Crippen LogP contribution in [0.3, 0.4) is 0 Å². The highest BCUT2D eigenvalue weighted by Gasteiger charge is 2.11. The van der Waals surface area contributed by atoms with Gasteiger partial charge in [-0.15, -0.1) is 0 Å². The van der Waals surface area contributed by atoms with E-state index in [1.807, 2.05) is 49.4 Å². The zero-order valence-corrected chi connectivity index (χ0v) is 9.14. The lowest BCUT2D eigenvalue weighted by molar-refractivity contribution is 0.0852. The summed E-state index contributed by atoms with van der Waals surface area (Å²) in [6.45, 7) is 1.92. The third kappa shape index (κ3) is 3.68. The standard InChI is InChI=1S/C13H16O2/c1-3-7-12(15-2)10-13(14)11-8-5-4-6-9-11/h3-9,12H,10H2,1-2H3/b7-3+. The molecule has 0 aromatic heterocycles. The quantitative estimate of drug-likeness (QED) is 0.544. The Bertz CT molecular complexity index is 328. The predicted molar refractivity (Wildman–Crippen MR) is 61.0 cm³/mol. The lowest BCUT2D eigenvalue weighted by atomic mass is 10.1. The Balaban J connectivity index is 2.63. The molecular weight excluding hydrogens is 188 g/mol. The fourth-order valence-corrected chi connectivity index (χ4v) is 1.37. The molecule has 2 nitrogen and oxygen atoms in total. The van der Waals surface area contributed by atoms with E-state index in [4.69, 9.17) is 4.74 Å². The van der Waals surface area contributed by atoms with Crippen molar-refractivity contribution in [1.29, 1.82) is 0 Å². The SMILES string of the molecule is C/C=C/C(CC(=O)c1ccccc1)OC. The van der Waals surface area contributed by atoms with Crippen LogP contribution in [0.5, 0.6) is 0 Å². The van der Waals surface area contributed by atoms with Crippen LogP contribution in [-0.4, -0.2) is 19.0 Å². The van der Waals surface area contributed by atoms with Gasteiger partial charge in [-0.3, -0.25) is 4.79 Å². The van der Waals surface area contributed by atoms with Crippen LogP contribution in [0.1, 0.15) is 23.7 Å². The van der Waals surface area contributed by atoms with Gasteiger partial charge in [0.1, 0.15) is 0 Å². The number of ether oxygens (including phenoxy) is 1. The summed E-state index contributed by atoms with van der Waals surface area (Å²) in [4.78, 5) is 11.8. The molecule has 0 spiro atoms. The van der Waals surface area contributed by atoms with Gasteiger partial charge < -0.3 is 4.74 Å². The summed E-state index contributed by atoms with van der Waals surface area (Å²) in [6.07, 6.45) is 4.06. The van der Waals surface area contributed by atoms with E-state index >= 15 is 0 Å². The Morgan fingerprint density at radius 1 is 1.40 bits per heavy atom. The molecule has 1 atom stereocenters. The Labute approximate surface area is 90.6 Å². The zero-order valence-electron chi connectivity index (χ0n) is 9.14. The van der Waals surface area contributed by atoms with Crippen molar-refractivity contribution in [3.05, 3.63) is 48.0 Å². The van der Waals surface area contributed by atoms with E-state index in [1.165, 1.54) is 0 Å². The molecule has 0 aliphatic rings. The minimum atomic E-state index is -0.122. The van der Waals surface area contributed by atoms with E-state index in [9.17, 15) is 4.79 Å². The first-order chi connectivity index (χ1) is 7.27. The van der Waals surface area contributed by atoms with Crippen molar-refractivity contribution in [3.63, 3.8) is 0 Å². The van der Waals surface area contributed by atoms with Crippen molar-refractivity contribution in [2.75, 3.05) is 7.11 Å². The highest BCUT2D eigenvalue weighted by atomic mass is 16.5. The Morgan fingerprint density at radius 3 is 2.60 bits per heavy atom. The van der Waals surface area contributed by atoms with E-state index in [-0.39, 0.29) is 11.9 Å². The molecule has 0 fully saturated rings. The van der Waals surface area contributed by atoms with Crippen LogP contribution in [0, 0.1) is 0 Å². The highest BCUT2D eigenvalue weighted by Crippen LogP contribution is 2.08. The van der Waals surface area contributed by atoms with Crippen LogP contribution in [-0.2, 0) is 4.74 Å². The van der Waals surface area contributed by atoms with Crippen molar-refractivity contribution in [2.45, 2.75) is 19.4 Å². The van der Waals surface area contributed by atoms with Crippen LogP contribution in [0.15, 0.2) is 42.5 Å².